The van der Waals surface area contributed by atoms with Crippen LogP contribution in [0.25, 0.3) is 0 Å². The first-order valence-corrected chi connectivity index (χ1v) is 11.2. The maximum absolute atomic E-state index is 12.3. The molecule has 1 aromatic rings. The zero-order valence-electron chi connectivity index (χ0n) is 20.1. The summed E-state index contributed by atoms with van der Waals surface area (Å²) in [5.41, 5.74) is 0. The van der Waals surface area contributed by atoms with Gasteiger partial charge in [-0.3, -0.25) is 9.69 Å². The van der Waals surface area contributed by atoms with Crippen LogP contribution in [-0.2, 0) is 4.79 Å². The van der Waals surface area contributed by atoms with Gasteiger partial charge in [0.15, 0.2) is 17.5 Å². The number of nitrogens with zero attached hydrogens (tertiary/aromatic N) is 3. The number of likely N-dealkylation sites (tertiary alicyclic amines) is 1. The van der Waals surface area contributed by atoms with E-state index >= 15 is 0 Å². The zero-order chi connectivity index (χ0) is 22.6. The van der Waals surface area contributed by atoms with E-state index in [9.17, 15) is 4.79 Å². The Morgan fingerprint density at radius 2 is 2.00 bits per heavy atom. The largest absolute Gasteiger partial charge is 0.493 e. The Morgan fingerprint density at radius 1 is 1.28 bits per heavy atom. The van der Waals surface area contributed by atoms with Crippen LogP contribution >= 0.6 is 24.0 Å². The fraction of sp³-hybridized carbons (Fsp3) is 0.652. The highest BCUT2D eigenvalue weighted by atomic mass is 127. The Labute approximate surface area is 210 Å². The second-order valence-corrected chi connectivity index (χ2v) is 8.01. The highest BCUT2D eigenvalue weighted by molar-refractivity contribution is 14.0. The predicted molar refractivity (Wildman–Crippen MR) is 140 cm³/mol. The summed E-state index contributed by atoms with van der Waals surface area (Å²) in [6.07, 6.45) is 2.91. The van der Waals surface area contributed by atoms with Crippen molar-refractivity contribution in [3.8, 4) is 11.5 Å². The van der Waals surface area contributed by atoms with E-state index in [0.29, 0.717) is 6.54 Å². The number of guanidine groups is 1. The van der Waals surface area contributed by atoms with E-state index in [2.05, 4.69) is 20.5 Å². The Bertz CT molecular complexity index is 717. The predicted octanol–water partition coefficient (Wildman–Crippen LogP) is 2.58. The Morgan fingerprint density at radius 3 is 2.66 bits per heavy atom. The molecule has 0 spiro atoms. The third-order valence-corrected chi connectivity index (χ3v) is 5.25. The van der Waals surface area contributed by atoms with Crippen LogP contribution in [0, 0.1) is 0 Å². The second-order valence-electron chi connectivity index (χ2n) is 8.01. The summed E-state index contributed by atoms with van der Waals surface area (Å²) < 4.78 is 11.3. The molecule has 0 aliphatic carbocycles. The van der Waals surface area contributed by atoms with Gasteiger partial charge in [-0.15, -0.1) is 24.0 Å². The van der Waals surface area contributed by atoms with E-state index < -0.39 is 0 Å². The molecule has 1 heterocycles. The number of carbonyl (C=O) groups excluding carboxylic acids is 1. The van der Waals surface area contributed by atoms with Crippen molar-refractivity contribution in [3.63, 3.8) is 0 Å². The molecule has 1 saturated heterocycles. The number of rotatable bonds is 11. The summed E-state index contributed by atoms with van der Waals surface area (Å²) in [5, 5.41) is 6.67. The van der Waals surface area contributed by atoms with Crippen LogP contribution in [0.3, 0.4) is 0 Å². The molecule has 1 aliphatic rings. The molecule has 1 fully saturated rings. The molecule has 182 valence electrons. The number of methoxy groups -OCH3 is 1. The molecule has 0 bridgehead atoms. The molecule has 2 rings (SSSR count). The van der Waals surface area contributed by atoms with Gasteiger partial charge in [0.25, 0.3) is 0 Å². The second kappa shape index (κ2) is 15.2. The molecule has 2 N–H and O–H groups in total. The van der Waals surface area contributed by atoms with E-state index in [1.165, 1.54) is 0 Å². The summed E-state index contributed by atoms with van der Waals surface area (Å²) in [4.78, 5) is 21.0. The van der Waals surface area contributed by atoms with Crippen molar-refractivity contribution >= 4 is 35.8 Å². The van der Waals surface area contributed by atoms with Crippen molar-refractivity contribution in [1.29, 1.82) is 0 Å². The molecule has 0 saturated carbocycles. The fourth-order valence-corrected chi connectivity index (χ4v) is 3.69. The summed E-state index contributed by atoms with van der Waals surface area (Å²) in [7, 11) is 5.30. The molecule has 9 heteroatoms. The summed E-state index contributed by atoms with van der Waals surface area (Å²) in [5.74, 6) is 2.43. The van der Waals surface area contributed by atoms with Gasteiger partial charge in [0.2, 0.25) is 5.91 Å². The minimum absolute atomic E-state index is 0. The SMILES string of the molecule is CCNC(=NCC(C)Oc1ccccc1OC)NCCCN1CCCC1C(=O)N(C)C.I. The number of likely N-dealkylation sites (N-methyl/N-ethyl adjacent to an activating group) is 1. The van der Waals surface area contributed by atoms with Gasteiger partial charge in [-0.1, -0.05) is 12.1 Å². The number of aliphatic imine (C=N–C) groups is 1. The highest BCUT2D eigenvalue weighted by Crippen LogP contribution is 2.26. The number of hydrogen-bond acceptors (Lipinski definition) is 5. The third-order valence-electron chi connectivity index (χ3n) is 5.25. The molecule has 2 atom stereocenters. The molecule has 8 nitrogen and oxygen atoms in total. The summed E-state index contributed by atoms with van der Waals surface area (Å²) >= 11 is 0. The van der Waals surface area contributed by atoms with Gasteiger partial charge in [0.1, 0.15) is 6.10 Å². The van der Waals surface area contributed by atoms with E-state index in [1.807, 2.05) is 52.2 Å². The van der Waals surface area contributed by atoms with Crippen molar-refractivity contribution < 1.29 is 14.3 Å². The van der Waals surface area contributed by atoms with Gasteiger partial charge in [-0.2, -0.15) is 0 Å². The standard InChI is InChI=1S/C23H39N5O3.HI/c1-6-24-23(26-17-18(2)31-21-13-8-7-12-20(21)30-5)25-14-10-16-28-15-9-11-19(28)22(29)27(3)4;/h7-8,12-13,18-19H,6,9-11,14-17H2,1-5H3,(H2,24,25,26);1H. The van der Waals surface area contributed by atoms with Crippen molar-refractivity contribution in [3.05, 3.63) is 24.3 Å². The van der Waals surface area contributed by atoms with Gasteiger partial charge in [0, 0.05) is 33.7 Å². The Balaban J connectivity index is 0.00000512. The lowest BCUT2D eigenvalue weighted by molar-refractivity contribution is -0.133. The van der Waals surface area contributed by atoms with Crippen LogP contribution in [-0.4, -0.2) is 87.7 Å². The fourth-order valence-electron chi connectivity index (χ4n) is 3.69. The number of ether oxygens (including phenoxy) is 2. The van der Waals surface area contributed by atoms with Crippen molar-refractivity contribution in [2.75, 3.05) is 53.9 Å². The van der Waals surface area contributed by atoms with Crippen molar-refractivity contribution in [1.82, 2.24) is 20.4 Å². The average Bonchev–Trinajstić information content (AvgIpc) is 3.23. The maximum atomic E-state index is 12.3. The molecule has 1 aliphatic heterocycles. The Hall–Kier alpha value is -1.75. The van der Waals surface area contributed by atoms with Crippen LogP contribution in [0.15, 0.2) is 29.3 Å². The number of amides is 1. The van der Waals surface area contributed by atoms with Crippen LogP contribution in [0.1, 0.15) is 33.1 Å². The number of para-hydroxylation sites is 2. The number of nitrogens with one attached hydrogen (secondary N) is 2. The monoisotopic (exact) mass is 561 g/mol. The van der Waals surface area contributed by atoms with E-state index in [4.69, 9.17) is 9.47 Å². The lowest BCUT2D eigenvalue weighted by Gasteiger charge is -2.26. The minimum atomic E-state index is -0.0887. The van der Waals surface area contributed by atoms with Crippen LogP contribution in [0.4, 0.5) is 0 Å². The topological polar surface area (TPSA) is 78.4 Å². The van der Waals surface area contributed by atoms with Crippen molar-refractivity contribution in [2.24, 2.45) is 4.99 Å². The van der Waals surface area contributed by atoms with Gasteiger partial charge >= 0.3 is 0 Å². The lowest BCUT2D eigenvalue weighted by Crippen LogP contribution is -2.44. The molecular weight excluding hydrogens is 521 g/mol. The van der Waals surface area contributed by atoms with Crippen LogP contribution in [0.5, 0.6) is 11.5 Å². The average molecular weight is 562 g/mol. The van der Waals surface area contributed by atoms with Crippen LogP contribution in [0.2, 0.25) is 0 Å². The molecule has 0 radical (unpaired) electrons. The quantitative estimate of drug-likeness (QED) is 0.187. The van der Waals surface area contributed by atoms with E-state index in [1.54, 1.807) is 12.0 Å². The smallest absolute Gasteiger partial charge is 0.239 e. The van der Waals surface area contributed by atoms with Crippen LogP contribution < -0.4 is 20.1 Å². The third kappa shape index (κ3) is 9.01. The summed E-state index contributed by atoms with van der Waals surface area (Å²) in [6, 6.07) is 7.66. The first-order chi connectivity index (χ1) is 15.0. The highest BCUT2D eigenvalue weighted by Gasteiger charge is 2.30. The number of hydrogen-bond donors (Lipinski definition) is 2. The number of halogens is 1. The van der Waals surface area contributed by atoms with E-state index in [0.717, 1.165) is 62.9 Å². The number of benzene rings is 1. The molecular formula is C23H40IN5O3. The molecule has 1 amide bonds. The van der Waals surface area contributed by atoms with Gasteiger partial charge in [-0.25, -0.2) is 4.99 Å². The van der Waals surface area contributed by atoms with Gasteiger partial charge < -0.3 is 25.0 Å². The minimum Gasteiger partial charge on any atom is -0.493 e. The Kier molecular flexibility index (Phi) is 13.4. The molecule has 32 heavy (non-hydrogen) atoms. The molecule has 0 aromatic heterocycles. The van der Waals surface area contributed by atoms with Gasteiger partial charge in [0.05, 0.1) is 19.7 Å². The summed E-state index contributed by atoms with van der Waals surface area (Å²) in [6.45, 7) is 8.06. The number of carbonyl (C=O) groups is 1. The first kappa shape index (κ1) is 28.3. The normalized spacial score (nSPS) is 17.3. The molecule has 1 aromatic carbocycles. The first-order valence-electron chi connectivity index (χ1n) is 11.2. The maximum Gasteiger partial charge on any atom is 0.239 e. The lowest BCUT2D eigenvalue weighted by atomic mass is 10.2. The van der Waals surface area contributed by atoms with Gasteiger partial charge in [-0.05, 0) is 51.8 Å². The van der Waals surface area contributed by atoms with Crippen molar-refractivity contribution in [2.45, 2.75) is 45.3 Å². The molecule has 2 unspecified atom stereocenters. The zero-order valence-corrected chi connectivity index (χ0v) is 22.4. The van der Waals surface area contributed by atoms with E-state index in [-0.39, 0.29) is 42.0 Å².